The fourth-order valence-corrected chi connectivity index (χ4v) is 0.411. The lowest BCUT2D eigenvalue weighted by Crippen LogP contribution is -2.31. The third-order valence-electron chi connectivity index (χ3n) is 1.23. The summed E-state index contributed by atoms with van der Waals surface area (Å²) in [7, 11) is 0. The summed E-state index contributed by atoms with van der Waals surface area (Å²) in [5.74, 6) is -0.0872. The van der Waals surface area contributed by atoms with Gasteiger partial charge in [-0.3, -0.25) is 4.79 Å². The van der Waals surface area contributed by atoms with Crippen LogP contribution in [-0.4, -0.2) is 18.7 Å². The molecule has 0 radical (unpaired) electrons. The second-order valence-corrected chi connectivity index (χ2v) is 3.58. The summed E-state index contributed by atoms with van der Waals surface area (Å²) in [5.41, 5.74) is 7.27. The van der Waals surface area contributed by atoms with Crippen molar-refractivity contribution in [3.05, 3.63) is 0 Å². The number of nitrogens with two attached hydrogens (primary N) is 1. The van der Waals surface area contributed by atoms with Crippen molar-refractivity contribution in [3.8, 4) is 0 Å². The van der Waals surface area contributed by atoms with Crippen molar-refractivity contribution in [1.29, 1.82) is 0 Å². The third-order valence-corrected chi connectivity index (χ3v) is 1.23. The van der Waals surface area contributed by atoms with E-state index in [2.05, 4.69) is 10.5 Å². The van der Waals surface area contributed by atoms with Crippen LogP contribution in [-0.2, 0) is 4.79 Å². The van der Waals surface area contributed by atoms with Gasteiger partial charge in [-0.05, 0) is 13.0 Å². The van der Waals surface area contributed by atoms with E-state index in [1.165, 1.54) is 0 Å². The zero-order chi connectivity index (χ0) is 9.61. The molecular formula is C8H17N3O. The van der Waals surface area contributed by atoms with Crippen LogP contribution in [0.15, 0.2) is 5.10 Å². The zero-order valence-corrected chi connectivity index (χ0v) is 7.92. The smallest absolute Gasteiger partial charge is 0.245 e. The second-order valence-electron chi connectivity index (χ2n) is 3.58. The molecule has 3 N–H and O–H groups in total. The summed E-state index contributed by atoms with van der Waals surface area (Å²) in [6.07, 6.45) is 2.29. The molecule has 4 nitrogen and oxygen atoms in total. The van der Waals surface area contributed by atoms with E-state index in [0.29, 0.717) is 13.0 Å². The van der Waals surface area contributed by atoms with Crippen molar-refractivity contribution in [3.63, 3.8) is 0 Å². The van der Waals surface area contributed by atoms with E-state index in [9.17, 15) is 4.79 Å². The number of hydrazone groups is 1. The Balaban J connectivity index is 3.72. The van der Waals surface area contributed by atoms with Crippen molar-refractivity contribution in [2.75, 3.05) is 6.54 Å². The van der Waals surface area contributed by atoms with Crippen LogP contribution in [0.4, 0.5) is 0 Å². The lowest BCUT2D eigenvalue weighted by Gasteiger charge is -2.14. The van der Waals surface area contributed by atoms with E-state index in [4.69, 9.17) is 5.73 Å². The number of nitrogens with zero attached hydrogens (tertiary/aromatic N) is 1. The van der Waals surface area contributed by atoms with Crippen molar-refractivity contribution in [2.45, 2.75) is 27.2 Å². The van der Waals surface area contributed by atoms with Crippen LogP contribution in [0.25, 0.3) is 0 Å². The lowest BCUT2D eigenvalue weighted by molar-refractivity contribution is -0.128. The summed E-state index contributed by atoms with van der Waals surface area (Å²) in [4.78, 5) is 11.2. The van der Waals surface area contributed by atoms with E-state index < -0.39 is 0 Å². The Hall–Kier alpha value is -0.900. The van der Waals surface area contributed by atoms with Gasteiger partial charge in [-0.15, -0.1) is 0 Å². The molecule has 0 aromatic heterocycles. The standard InChI is InChI=1S/C8H17N3O/c1-8(2,3)7(12)11-10-6-4-5-9/h6H,4-5,9H2,1-3H3,(H,11,12)/b10-6+. The highest BCUT2D eigenvalue weighted by molar-refractivity contribution is 5.81. The topological polar surface area (TPSA) is 67.5 Å². The van der Waals surface area contributed by atoms with Crippen molar-refractivity contribution in [1.82, 2.24) is 5.43 Å². The number of carbonyl (C=O) groups excluding carboxylic acids is 1. The Labute approximate surface area is 73.2 Å². The van der Waals surface area contributed by atoms with Crippen molar-refractivity contribution in [2.24, 2.45) is 16.3 Å². The average Bonchev–Trinajstić information content (AvgIpc) is 1.96. The summed E-state index contributed by atoms with van der Waals surface area (Å²) in [6.45, 7) is 6.05. The fourth-order valence-electron chi connectivity index (χ4n) is 0.411. The van der Waals surface area contributed by atoms with Gasteiger partial charge in [0.25, 0.3) is 0 Å². The number of hydrogen-bond donors (Lipinski definition) is 2. The molecule has 1 amide bonds. The fraction of sp³-hybridized carbons (Fsp3) is 0.750. The molecule has 70 valence electrons. The van der Waals surface area contributed by atoms with E-state index in [1.54, 1.807) is 6.21 Å². The highest BCUT2D eigenvalue weighted by Crippen LogP contribution is 2.11. The minimum atomic E-state index is -0.389. The van der Waals surface area contributed by atoms with E-state index in [1.807, 2.05) is 20.8 Å². The first kappa shape index (κ1) is 11.1. The summed E-state index contributed by atoms with van der Waals surface area (Å²) >= 11 is 0. The van der Waals surface area contributed by atoms with Crippen molar-refractivity contribution >= 4 is 12.1 Å². The summed E-state index contributed by atoms with van der Waals surface area (Å²) < 4.78 is 0. The van der Waals surface area contributed by atoms with Gasteiger partial charge in [0.05, 0.1) is 0 Å². The van der Waals surface area contributed by atoms with Crippen LogP contribution in [0, 0.1) is 5.41 Å². The maximum atomic E-state index is 11.2. The molecule has 0 aliphatic heterocycles. The number of rotatable bonds is 3. The van der Waals surface area contributed by atoms with Crippen LogP contribution >= 0.6 is 0 Å². The van der Waals surface area contributed by atoms with Crippen LogP contribution in [0.5, 0.6) is 0 Å². The number of nitrogens with one attached hydrogen (secondary N) is 1. The average molecular weight is 171 g/mol. The van der Waals surface area contributed by atoms with Crippen LogP contribution in [0.2, 0.25) is 0 Å². The largest absolute Gasteiger partial charge is 0.330 e. The van der Waals surface area contributed by atoms with E-state index in [-0.39, 0.29) is 11.3 Å². The first-order valence-corrected chi connectivity index (χ1v) is 4.00. The van der Waals surface area contributed by atoms with Crippen LogP contribution in [0.1, 0.15) is 27.2 Å². The SMILES string of the molecule is CC(C)(C)C(=O)N/N=C/CCN. The molecule has 0 saturated carbocycles. The Morgan fingerprint density at radius 3 is 2.58 bits per heavy atom. The Morgan fingerprint density at radius 1 is 1.58 bits per heavy atom. The number of hydrogen-bond acceptors (Lipinski definition) is 3. The van der Waals surface area contributed by atoms with Crippen LogP contribution in [0.3, 0.4) is 0 Å². The first-order valence-electron chi connectivity index (χ1n) is 4.00. The summed E-state index contributed by atoms with van der Waals surface area (Å²) in [6, 6.07) is 0. The second kappa shape index (κ2) is 4.87. The molecule has 0 atom stereocenters. The predicted octanol–water partition coefficient (Wildman–Crippen LogP) is 0.483. The van der Waals surface area contributed by atoms with Gasteiger partial charge in [-0.25, -0.2) is 5.43 Å². The van der Waals surface area contributed by atoms with Gasteiger partial charge in [-0.2, -0.15) is 5.10 Å². The molecule has 0 unspecified atom stereocenters. The third kappa shape index (κ3) is 4.85. The molecule has 0 aliphatic rings. The van der Waals surface area contributed by atoms with E-state index in [0.717, 1.165) is 0 Å². The van der Waals surface area contributed by atoms with Gasteiger partial charge in [0.1, 0.15) is 0 Å². The molecule has 0 heterocycles. The molecule has 0 bridgehead atoms. The van der Waals surface area contributed by atoms with Gasteiger partial charge in [0.2, 0.25) is 5.91 Å². The molecule has 0 aromatic rings. The molecule has 0 spiro atoms. The highest BCUT2D eigenvalue weighted by Gasteiger charge is 2.20. The minimum Gasteiger partial charge on any atom is -0.330 e. The zero-order valence-electron chi connectivity index (χ0n) is 7.92. The van der Waals surface area contributed by atoms with Gasteiger partial charge >= 0.3 is 0 Å². The molecule has 0 rings (SSSR count). The quantitative estimate of drug-likeness (QED) is 0.479. The van der Waals surface area contributed by atoms with Gasteiger partial charge < -0.3 is 5.73 Å². The number of amides is 1. The summed E-state index contributed by atoms with van der Waals surface area (Å²) in [5, 5.41) is 3.72. The van der Waals surface area contributed by atoms with Gasteiger partial charge in [0, 0.05) is 11.6 Å². The van der Waals surface area contributed by atoms with Gasteiger partial charge in [-0.1, -0.05) is 20.8 Å². The molecule has 0 saturated heterocycles. The first-order chi connectivity index (χ1) is 5.48. The Morgan fingerprint density at radius 2 is 2.17 bits per heavy atom. The lowest BCUT2D eigenvalue weighted by atomic mass is 9.96. The maximum Gasteiger partial charge on any atom is 0.245 e. The molecule has 0 aromatic carbocycles. The number of carbonyl (C=O) groups is 1. The van der Waals surface area contributed by atoms with Crippen LogP contribution < -0.4 is 11.2 Å². The monoisotopic (exact) mass is 171 g/mol. The maximum absolute atomic E-state index is 11.2. The highest BCUT2D eigenvalue weighted by atomic mass is 16.2. The minimum absolute atomic E-state index is 0.0872. The molecule has 0 aliphatic carbocycles. The normalized spacial score (nSPS) is 12.0. The molecular weight excluding hydrogens is 154 g/mol. The predicted molar refractivity (Wildman–Crippen MR) is 49.8 cm³/mol. The Kier molecular flexibility index (Phi) is 4.51. The Bertz CT molecular complexity index is 170. The van der Waals surface area contributed by atoms with Crippen molar-refractivity contribution < 1.29 is 4.79 Å². The molecule has 12 heavy (non-hydrogen) atoms. The molecule has 0 fully saturated rings. The molecule has 4 heteroatoms. The van der Waals surface area contributed by atoms with Gasteiger partial charge in [0.15, 0.2) is 0 Å². The van der Waals surface area contributed by atoms with E-state index >= 15 is 0 Å².